The van der Waals surface area contributed by atoms with Crippen molar-refractivity contribution in [2.45, 2.75) is 19.9 Å². The molecule has 0 bridgehead atoms. The molecule has 1 atom stereocenters. The van der Waals surface area contributed by atoms with Gasteiger partial charge in [0.1, 0.15) is 0 Å². The molecule has 0 aliphatic carbocycles. The summed E-state index contributed by atoms with van der Waals surface area (Å²) in [5.41, 5.74) is 3.19. The van der Waals surface area contributed by atoms with Crippen LogP contribution in [0.25, 0.3) is 0 Å². The van der Waals surface area contributed by atoms with Crippen molar-refractivity contribution in [1.82, 2.24) is 5.32 Å². The topological polar surface area (TPSA) is 41.1 Å². The van der Waals surface area contributed by atoms with Gasteiger partial charge >= 0.3 is 0 Å². The zero-order valence-electron chi connectivity index (χ0n) is 12.2. The van der Waals surface area contributed by atoms with Gasteiger partial charge in [-0.1, -0.05) is 42.0 Å². The lowest BCUT2D eigenvalue weighted by Gasteiger charge is -2.14. The lowest BCUT2D eigenvalue weighted by atomic mass is 10.1. The number of amides is 1. The number of carbonyl (C=O) groups excluding carboxylic acids is 1. The normalized spacial score (nSPS) is 12.0. The van der Waals surface area contributed by atoms with Gasteiger partial charge in [-0.2, -0.15) is 0 Å². The molecule has 4 heteroatoms. The number of halogens is 1. The number of para-hydroxylation sites is 1. The Morgan fingerprint density at radius 2 is 1.81 bits per heavy atom. The first-order chi connectivity index (χ1) is 10.1. The third-order valence-electron chi connectivity index (χ3n) is 3.29. The van der Waals surface area contributed by atoms with E-state index in [-0.39, 0.29) is 18.5 Å². The highest BCUT2D eigenvalue weighted by molar-refractivity contribution is 9.10. The Morgan fingerprint density at radius 1 is 1.14 bits per heavy atom. The fraction of sp³-hybridized carbons (Fsp3) is 0.235. The number of carbonyl (C=O) groups is 1. The maximum Gasteiger partial charge on any atom is 0.238 e. The molecule has 0 heterocycles. The van der Waals surface area contributed by atoms with Crippen molar-refractivity contribution < 1.29 is 4.79 Å². The summed E-state index contributed by atoms with van der Waals surface area (Å²) in [6.07, 6.45) is 0. The van der Waals surface area contributed by atoms with Gasteiger partial charge in [0.25, 0.3) is 0 Å². The van der Waals surface area contributed by atoms with Crippen LogP contribution < -0.4 is 10.6 Å². The van der Waals surface area contributed by atoms with E-state index in [0.717, 1.165) is 10.2 Å². The Labute approximate surface area is 133 Å². The van der Waals surface area contributed by atoms with Crippen LogP contribution in [0.3, 0.4) is 0 Å². The molecule has 0 spiro atoms. The lowest BCUT2D eigenvalue weighted by Crippen LogP contribution is -2.30. The van der Waals surface area contributed by atoms with Crippen molar-refractivity contribution in [3.05, 3.63) is 64.1 Å². The van der Waals surface area contributed by atoms with Crippen molar-refractivity contribution in [2.75, 3.05) is 11.9 Å². The van der Waals surface area contributed by atoms with E-state index in [2.05, 4.69) is 64.7 Å². The maximum atomic E-state index is 12.0. The van der Waals surface area contributed by atoms with Gasteiger partial charge in [-0.25, -0.2) is 0 Å². The van der Waals surface area contributed by atoms with E-state index in [0.29, 0.717) is 0 Å². The molecule has 2 N–H and O–H groups in total. The lowest BCUT2D eigenvalue weighted by molar-refractivity contribution is -0.115. The van der Waals surface area contributed by atoms with E-state index in [9.17, 15) is 4.79 Å². The van der Waals surface area contributed by atoms with Crippen LogP contribution in [0.1, 0.15) is 24.1 Å². The van der Waals surface area contributed by atoms with Crippen LogP contribution in [-0.2, 0) is 4.79 Å². The molecule has 0 radical (unpaired) electrons. The van der Waals surface area contributed by atoms with Gasteiger partial charge in [0, 0.05) is 10.5 Å². The summed E-state index contributed by atoms with van der Waals surface area (Å²) in [6.45, 7) is 4.39. The summed E-state index contributed by atoms with van der Waals surface area (Å²) in [5, 5.41) is 6.11. The summed E-state index contributed by atoms with van der Waals surface area (Å²) < 4.78 is 0.880. The van der Waals surface area contributed by atoms with Gasteiger partial charge in [0.2, 0.25) is 5.91 Å². The van der Waals surface area contributed by atoms with E-state index in [4.69, 9.17) is 0 Å². The molecule has 110 valence electrons. The first-order valence-electron chi connectivity index (χ1n) is 6.90. The van der Waals surface area contributed by atoms with Crippen LogP contribution >= 0.6 is 15.9 Å². The van der Waals surface area contributed by atoms with E-state index < -0.39 is 0 Å². The van der Waals surface area contributed by atoms with Gasteiger partial charge in [-0.3, -0.25) is 4.79 Å². The zero-order valence-corrected chi connectivity index (χ0v) is 13.8. The van der Waals surface area contributed by atoms with Crippen molar-refractivity contribution in [2.24, 2.45) is 0 Å². The molecule has 1 amide bonds. The van der Waals surface area contributed by atoms with Gasteiger partial charge in [-0.15, -0.1) is 0 Å². The molecule has 2 aromatic rings. The predicted molar refractivity (Wildman–Crippen MR) is 90.4 cm³/mol. The fourth-order valence-corrected chi connectivity index (χ4v) is 2.36. The number of nitrogens with one attached hydrogen (secondary N) is 2. The summed E-state index contributed by atoms with van der Waals surface area (Å²) in [5.74, 6) is -0.0548. The van der Waals surface area contributed by atoms with Crippen LogP contribution in [0.5, 0.6) is 0 Å². The highest BCUT2D eigenvalue weighted by atomic mass is 79.9. The van der Waals surface area contributed by atoms with Crippen LogP contribution in [0, 0.1) is 6.92 Å². The molecular weight excluding hydrogens is 328 g/mol. The average molecular weight is 347 g/mol. The summed E-state index contributed by atoms with van der Waals surface area (Å²) >= 11 is 3.41. The van der Waals surface area contributed by atoms with Crippen LogP contribution in [0.4, 0.5) is 5.69 Å². The molecule has 21 heavy (non-hydrogen) atoms. The van der Waals surface area contributed by atoms with E-state index in [1.165, 1.54) is 11.1 Å². The molecule has 0 aliphatic heterocycles. The Bertz CT molecular complexity index is 610. The van der Waals surface area contributed by atoms with E-state index >= 15 is 0 Å². The van der Waals surface area contributed by atoms with Crippen molar-refractivity contribution in [3.63, 3.8) is 0 Å². The molecule has 3 nitrogen and oxygen atoms in total. The van der Waals surface area contributed by atoms with Gasteiger partial charge in [-0.05, 0) is 47.5 Å². The van der Waals surface area contributed by atoms with Crippen molar-refractivity contribution >= 4 is 27.5 Å². The number of hydrogen-bond donors (Lipinski definition) is 2. The van der Waals surface area contributed by atoms with E-state index in [1.54, 1.807) is 0 Å². The molecule has 0 aliphatic rings. The molecule has 0 aromatic heterocycles. The second-order valence-corrected chi connectivity index (χ2v) is 5.90. The Morgan fingerprint density at radius 3 is 2.48 bits per heavy atom. The van der Waals surface area contributed by atoms with Gasteiger partial charge in [0.05, 0.1) is 12.2 Å². The minimum atomic E-state index is -0.0548. The second-order valence-electron chi connectivity index (χ2n) is 5.04. The fourth-order valence-electron chi connectivity index (χ4n) is 1.98. The predicted octanol–water partition coefficient (Wildman–Crippen LogP) is 4.05. The number of rotatable bonds is 5. The summed E-state index contributed by atoms with van der Waals surface area (Å²) in [7, 11) is 0. The number of anilines is 1. The molecule has 0 saturated heterocycles. The zero-order chi connectivity index (χ0) is 15.2. The SMILES string of the molecule is Cc1ccc([C@H](C)NCC(=O)Nc2ccccc2Br)cc1. The molecule has 0 fully saturated rings. The second kappa shape index (κ2) is 7.38. The molecule has 0 unspecified atom stereocenters. The molecule has 2 aromatic carbocycles. The quantitative estimate of drug-likeness (QED) is 0.857. The third kappa shape index (κ3) is 4.69. The molecule has 2 rings (SSSR count). The number of hydrogen-bond acceptors (Lipinski definition) is 2. The highest BCUT2D eigenvalue weighted by Crippen LogP contribution is 2.21. The molecular formula is C17H19BrN2O. The van der Waals surface area contributed by atoms with Gasteiger partial charge in [0.15, 0.2) is 0 Å². The highest BCUT2D eigenvalue weighted by Gasteiger charge is 2.08. The third-order valence-corrected chi connectivity index (χ3v) is 3.99. The standard InChI is InChI=1S/C17H19BrN2O/c1-12-7-9-14(10-8-12)13(2)19-11-17(21)20-16-6-4-3-5-15(16)18/h3-10,13,19H,11H2,1-2H3,(H,20,21)/t13-/m0/s1. The minimum Gasteiger partial charge on any atom is -0.324 e. The first-order valence-corrected chi connectivity index (χ1v) is 7.70. The van der Waals surface area contributed by atoms with Crippen LogP contribution in [0.15, 0.2) is 53.0 Å². The first kappa shape index (κ1) is 15.7. The number of benzene rings is 2. The summed E-state index contributed by atoms with van der Waals surface area (Å²) in [6, 6.07) is 16.0. The monoisotopic (exact) mass is 346 g/mol. The Balaban J connectivity index is 1.86. The minimum absolute atomic E-state index is 0.0548. The van der Waals surface area contributed by atoms with Crippen LogP contribution in [-0.4, -0.2) is 12.5 Å². The van der Waals surface area contributed by atoms with Gasteiger partial charge < -0.3 is 10.6 Å². The Kier molecular flexibility index (Phi) is 5.53. The molecule has 0 saturated carbocycles. The largest absolute Gasteiger partial charge is 0.324 e. The van der Waals surface area contributed by atoms with Crippen LogP contribution in [0.2, 0.25) is 0 Å². The Hall–Kier alpha value is -1.65. The maximum absolute atomic E-state index is 12.0. The van der Waals surface area contributed by atoms with E-state index in [1.807, 2.05) is 24.3 Å². The smallest absolute Gasteiger partial charge is 0.238 e. The van der Waals surface area contributed by atoms with Crippen molar-refractivity contribution in [3.8, 4) is 0 Å². The number of aryl methyl sites for hydroxylation is 1. The summed E-state index contributed by atoms with van der Waals surface area (Å²) in [4.78, 5) is 12.0. The average Bonchev–Trinajstić information content (AvgIpc) is 2.48. The van der Waals surface area contributed by atoms with Crippen molar-refractivity contribution in [1.29, 1.82) is 0 Å².